The molecule has 0 N–H and O–H groups in total. The number of alkyl halides is 1. The minimum atomic E-state index is -0.215. The van der Waals surface area contributed by atoms with E-state index < -0.39 is 0 Å². The molecule has 1 atom stereocenters. The largest absolute Gasteiger partial charge is 0.332 e. The van der Waals surface area contributed by atoms with Crippen LogP contribution < -0.4 is 0 Å². The van der Waals surface area contributed by atoms with Crippen molar-refractivity contribution < 1.29 is 4.52 Å². The van der Waals surface area contributed by atoms with E-state index in [0.29, 0.717) is 17.4 Å². The first-order valence-corrected chi connectivity index (χ1v) is 6.03. The smallest absolute Gasteiger partial charge is 0.276 e. The zero-order chi connectivity index (χ0) is 11.5. The summed E-state index contributed by atoms with van der Waals surface area (Å²) in [6, 6.07) is 3.67. The van der Waals surface area contributed by atoms with Crippen molar-refractivity contribution in [3.63, 3.8) is 0 Å². The van der Waals surface area contributed by atoms with Gasteiger partial charge in [0.15, 0.2) is 5.82 Å². The number of halogens is 2. The van der Waals surface area contributed by atoms with E-state index in [9.17, 15) is 0 Å². The number of nitrogens with zero attached hydrogens (tertiary/aromatic N) is 3. The van der Waals surface area contributed by atoms with Gasteiger partial charge in [-0.25, -0.2) is 4.98 Å². The highest BCUT2D eigenvalue weighted by atomic mass is 79.9. The SMILES string of the molecule is CCC(Cl)c1noc(-c2ccc(Br)cn2)n1. The molecule has 0 aliphatic heterocycles. The molecule has 0 aromatic carbocycles. The van der Waals surface area contributed by atoms with Gasteiger partial charge in [-0.1, -0.05) is 12.1 Å². The molecule has 0 fully saturated rings. The summed E-state index contributed by atoms with van der Waals surface area (Å²) in [7, 11) is 0. The first-order valence-electron chi connectivity index (χ1n) is 4.80. The fourth-order valence-electron chi connectivity index (χ4n) is 1.15. The summed E-state index contributed by atoms with van der Waals surface area (Å²) in [6.45, 7) is 1.96. The summed E-state index contributed by atoms with van der Waals surface area (Å²) in [5.74, 6) is 0.894. The predicted molar refractivity (Wildman–Crippen MR) is 64.1 cm³/mol. The molecule has 1 unspecified atom stereocenters. The molecule has 0 amide bonds. The second-order valence-electron chi connectivity index (χ2n) is 3.20. The summed E-state index contributed by atoms with van der Waals surface area (Å²) in [4.78, 5) is 8.35. The number of rotatable bonds is 3. The van der Waals surface area contributed by atoms with E-state index in [1.807, 2.05) is 13.0 Å². The molecule has 2 rings (SSSR count). The van der Waals surface area contributed by atoms with E-state index in [4.69, 9.17) is 16.1 Å². The summed E-state index contributed by atoms with van der Waals surface area (Å²) in [5, 5.41) is 3.60. The number of hydrogen-bond donors (Lipinski definition) is 0. The highest BCUT2D eigenvalue weighted by Crippen LogP contribution is 2.23. The number of aromatic nitrogens is 3. The van der Waals surface area contributed by atoms with E-state index in [0.717, 1.165) is 10.9 Å². The predicted octanol–water partition coefficient (Wildman–Crippen LogP) is 3.58. The molecule has 2 heterocycles. The van der Waals surface area contributed by atoms with Crippen molar-refractivity contribution in [2.45, 2.75) is 18.7 Å². The molecular formula is C10H9BrClN3O. The third-order valence-electron chi connectivity index (χ3n) is 2.03. The van der Waals surface area contributed by atoms with Crippen LogP contribution in [0.15, 0.2) is 27.3 Å². The van der Waals surface area contributed by atoms with Gasteiger partial charge >= 0.3 is 0 Å². The average Bonchev–Trinajstić information content (AvgIpc) is 2.78. The van der Waals surface area contributed by atoms with E-state index in [-0.39, 0.29) is 5.38 Å². The Labute approximate surface area is 106 Å². The van der Waals surface area contributed by atoms with Crippen LogP contribution in [0.5, 0.6) is 0 Å². The van der Waals surface area contributed by atoms with E-state index in [1.165, 1.54) is 0 Å². The van der Waals surface area contributed by atoms with Crippen LogP contribution in [0, 0.1) is 0 Å². The maximum absolute atomic E-state index is 6.00. The minimum Gasteiger partial charge on any atom is -0.332 e. The molecule has 0 bridgehead atoms. The van der Waals surface area contributed by atoms with Crippen LogP contribution in [0.3, 0.4) is 0 Å². The Morgan fingerprint density at radius 3 is 2.94 bits per heavy atom. The molecule has 0 radical (unpaired) electrons. The van der Waals surface area contributed by atoms with Gasteiger partial charge in [-0.05, 0) is 34.5 Å². The molecule has 4 nitrogen and oxygen atoms in total. The van der Waals surface area contributed by atoms with Gasteiger partial charge in [0, 0.05) is 10.7 Å². The van der Waals surface area contributed by atoms with Crippen molar-refractivity contribution in [2.75, 3.05) is 0 Å². The van der Waals surface area contributed by atoms with Crippen molar-refractivity contribution >= 4 is 27.5 Å². The standard InChI is InChI=1S/C10H9BrClN3O/c1-2-7(12)9-14-10(16-15-9)8-4-3-6(11)5-13-8/h3-5,7H,2H2,1H3. The third kappa shape index (κ3) is 2.41. The maximum atomic E-state index is 6.00. The summed E-state index contributed by atoms with van der Waals surface area (Å²) in [5.41, 5.74) is 0.641. The summed E-state index contributed by atoms with van der Waals surface area (Å²) >= 11 is 9.31. The van der Waals surface area contributed by atoms with Crippen molar-refractivity contribution in [2.24, 2.45) is 0 Å². The average molecular weight is 303 g/mol. The van der Waals surface area contributed by atoms with Crippen molar-refractivity contribution in [1.29, 1.82) is 0 Å². The molecular weight excluding hydrogens is 293 g/mol. The monoisotopic (exact) mass is 301 g/mol. The molecule has 0 spiro atoms. The van der Waals surface area contributed by atoms with Crippen LogP contribution in [0.25, 0.3) is 11.6 Å². The van der Waals surface area contributed by atoms with Gasteiger partial charge in [-0.3, -0.25) is 0 Å². The lowest BCUT2D eigenvalue weighted by Gasteiger charge is -1.96. The first kappa shape index (κ1) is 11.5. The second kappa shape index (κ2) is 4.93. The van der Waals surface area contributed by atoms with Crippen molar-refractivity contribution in [3.05, 3.63) is 28.6 Å². The van der Waals surface area contributed by atoms with Gasteiger partial charge in [-0.2, -0.15) is 4.98 Å². The van der Waals surface area contributed by atoms with Gasteiger partial charge in [-0.15, -0.1) is 11.6 Å². The Morgan fingerprint density at radius 2 is 2.31 bits per heavy atom. The van der Waals surface area contributed by atoms with E-state index in [2.05, 4.69) is 31.1 Å². The lowest BCUT2D eigenvalue weighted by Crippen LogP contribution is -1.91. The summed E-state index contributed by atoms with van der Waals surface area (Å²) < 4.78 is 5.99. The zero-order valence-corrected chi connectivity index (χ0v) is 10.9. The Balaban J connectivity index is 2.28. The highest BCUT2D eigenvalue weighted by molar-refractivity contribution is 9.10. The van der Waals surface area contributed by atoms with Crippen LogP contribution in [0.4, 0.5) is 0 Å². The molecule has 0 aliphatic rings. The topological polar surface area (TPSA) is 51.8 Å². The Kier molecular flexibility index (Phi) is 3.56. The van der Waals surface area contributed by atoms with Gasteiger partial charge in [0.1, 0.15) is 5.69 Å². The van der Waals surface area contributed by atoms with Crippen molar-refractivity contribution in [3.8, 4) is 11.6 Å². The lowest BCUT2D eigenvalue weighted by atomic mass is 10.3. The Bertz CT molecular complexity index is 471. The molecule has 16 heavy (non-hydrogen) atoms. The molecule has 0 aliphatic carbocycles. The molecule has 0 saturated carbocycles. The van der Waals surface area contributed by atoms with Crippen LogP contribution in [-0.4, -0.2) is 15.1 Å². The lowest BCUT2D eigenvalue weighted by molar-refractivity contribution is 0.420. The summed E-state index contributed by atoms with van der Waals surface area (Å²) in [6.07, 6.45) is 2.44. The minimum absolute atomic E-state index is 0.215. The van der Waals surface area contributed by atoms with Gasteiger partial charge in [0.25, 0.3) is 5.89 Å². The molecule has 0 saturated heterocycles. The zero-order valence-electron chi connectivity index (χ0n) is 8.52. The first-order chi connectivity index (χ1) is 7.70. The highest BCUT2D eigenvalue weighted by Gasteiger charge is 2.15. The molecule has 6 heteroatoms. The van der Waals surface area contributed by atoms with Crippen LogP contribution in [0.1, 0.15) is 24.5 Å². The van der Waals surface area contributed by atoms with Crippen molar-refractivity contribution in [1.82, 2.24) is 15.1 Å². The Hall–Kier alpha value is -0.940. The molecule has 84 valence electrons. The third-order valence-corrected chi connectivity index (χ3v) is 3.00. The van der Waals surface area contributed by atoms with Gasteiger partial charge in [0.05, 0.1) is 5.38 Å². The Morgan fingerprint density at radius 1 is 1.50 bits per heavy atom. The fourth-order valence-corrected chi connectivity index (χ4v) is 1.47. The maximum Gasteiger partial charge on any atom is 0.276 e. The van der Waals surface area contributed by atoms with E-state index in [1.54, 1.807) is 12.3 Å². The van der Waals surface area contributed by atoms with Gasteiger partial charge in [0.2, 0.25) is 0 Å². The second-order valence-corrected chi connectivity index (χ2v) is 4.64. The van der Waals surface area contributed by atoms with Crippen LogP contribution in [0.2, 0.25) is 0 Å². The normalized spacial score (nSPS) is 12.7. The van der Waals surface area contributed by atoms with Crippen LogP contribution >= 0.6 is 27.5 Å². The number of pyridine rings is 1. The molecule has 2 aromatic rings. The fraction of sp³-hybridized carbons (Fsp3) is 0.300. The van der Waals surface area contributed by atoms with Crippen LogP contribution in [-0.2, 0) is 0 Å². The molecule has 2 aromatic heterocycles. The number of hydrogen-bond acceptors (Lipinski definition) is 4. The quantitative estimate of drug-likeness (QED) is 0.813. The van der Waals surface area contributed by atoms with E-state index >= 15 is 0 Å². The van der Waals surface area contributed by atoms with Gasteiger partial charge < -0.3 is 4.52 Å².